The van der Waals surface area contributed by atoms with Crippen molar-refractivity contribution in [3.63, 3.8) is 0 Å². The van der Waals surface area contributed by atoms with Gasteiger partial charge in [0.1, 0.15) is 5.75 Å². The summed E-state index contributed by atoms with van der Waals surface area (Å²) in [5.41, 5.74) is 2.49. The van der Waals surface area contributed by atoms with Crippen molar-refractivity contribution in [3.8, 4) is 5.75 Å². The van der Waals surface area contributed by atoms with Crippen molar-refractivity contribution in [2.24, 2.45) is 11.8 Å². The van der Waals surface area contributed by atoms with Crippen LogP contribution in [0.5, 0.6) is 5.75 Å². The third kappa shape index (κ3) is 4.99. The fourth-order valence-electron chi connectivity index (χ4n) is 3.22. The molecule has 1 aromatic carbocycles. The second-order valence-electron chi connectivity index (χ2n) is 6.70. The SMILES string of the molecule is CCC/C=C\C[C@@H]1[C@@H](COc2ccc(C)c(C)c2)[C@H](O)C[C@H]1Cl. The normalized spacial score (nSPS) is 27.7. The van der Waals surface area contributed by atoms with Crippen molar-refractivity contribution < 1.29 is 9.84 Å². The van der Waals surface area contributed by atoms with Crippen molar-refractivity contribution >= 4 is 11.6 Å². The number of aryl methyl sites for hydroxylation is 2. The van der Waals surface area contributed by atoms with Gasteiger partial charge in [0.15, 0.2) is 0 Å². The summed E-state index contributed by atoms with van der Waals surface area (Å²) in [6.07, 6.45) is 7.91. The minimum absolute atomic E-state index is 0.0321. The largest absolute Gasteiger partial charge is 0.493 e. The highest BCUT2D eigenvalue weighted by Crippen LogP contribution is 2.39. The van der Waals surface area contributed by atoms with Crippen LogP contribution in [0.3, 0.4) is 0 Å². The Morgan fingerprint density at radius 2 is 2.00 bits per heavy atom. The molecule has 1 aliphatic carbocycles. The molecular weight excluding hydrogens is 308 g/mol. The Kier molecular flexibility index (Phi) is 6.98. The Labute approximate surface area is 145 Å². The smallest absolute Gasteiger partial charge is 0.119 e. The lowest BCUT2D eigenvalue weighted by atomic mass is 9.92. The van der Waals surface area contributed by atoms with E-state index in [2.05, 4.69) is 45.1 Å². The predicted molar refractivity (Wildman–Crippen MR) is 97.3 cm³/mol. The molecule has 0 heterocycles. The molecule has 128 valence electrons. The molecule has 0 bridgehead atoms. The Morgan fingerprint density at radius 1 is 1.22 bits per heavy atom. The zero-order valence-corrected chi connectivity index (χ0v) is 15.2. The minimum atomic E-state index is -0.367. The molecule has 0 radical (unpaired) electrons. The summed E-state index contributed by atoms with van der Waals surface area (Å²) in [6.45, 7) is 6.88. The Bertz CT molecular complexity index is 526. The highest BCUT2D eigenvalue weighted by atomic mass is 35.5. The number of alkyl halides is 1. The third-order valence-electron chi connectivity index (χ3n) is 4.93. The lowest BCUT2D eigenvalue weighted by Gasteiger charge is -2.23. The van der Waals surface area contributed by atoms with Crippen molar-refractivity contribution in [2.45, 2.75) is 57.9 Å². The summed E-state index contributed by atoms with van der Waals surface area (Å²) in [5.74, 6) is 1.26. The number of ether oxygens (including phenoxy) is 1. The van der Waals surface area contributed by atoms with Crippen molar-refractivity contribution in [1.82, 2.24) is 0 Å². The summed E-state index contributed by atoms with van der Waals surface area (Å²) in [7, 11) is 0. The molecule has 0 aliphatic heterocycles. The van der Waals surface area contributed by atoms with Crippen LogP contribution in [0.2, 0.25) is 0 Å². The molecule has 23 heavy (non-hydrogen) atoms. The van der Waals surface area contributed by atoms with Crippen LogP contribution in [0, 0.1) is 25.7 Å². The average molecular weight is 337 g/mol. The monoisotopic (exact) mass is 336 g/mol. The molecule has 0 amide bonds. The van der Waals surface area contributed by atoms with Crippen LogP contribution in [0.4, 0.5) is 0 Å². The van der Waals surface area contributed by atoms with E-state index in [9.17, 15) is 5.11 Å². The number of rotatable bonds is 7. The van der Waals surface area contributed by atoms with E-state index in [4.69, 9.17) is 16.3 Å². The van der Waals surface area contributed by atoms with E-state index in [1.165, 1.54) is 11.1 Å². The molecule has 0 spiro atoms. The summed E-state index contributed by atoms with van der Waals surface area (Å²) < 4.78 is 5.96. The number of hydrogen-bond donors (Lipinski definition) is 1. The van der Waals surface area contributed by atoms with Gasteiger partial charge in [-0.05, 0) is 62.3 Å². The number of benzene rings is 1. The first-order chi connectivity index (χ1) is 11.0. The Balaban J connectivity index is 1.95. The van der Waals surface area contributed by atoms with Gasteiger partial charge in [-0.2, -0.15) is 0 Å². The fraction of sp³-hybridized carbons (Fsp3) is 0.600. The molecule has 2 rings (SSSR count). The van der Waals surface area contributed by atoms with Gasteiger partial charge in [0.05, 0.1) is 12.7 Å². The van der Waals surface area contributed by atoms with Gasteiger partial charge in [-0.1, -0.05) is 31.6 Å². The van der Waals surface area contributed by atoms with Gasteiger partial charge in [0, 0.05) is 11.3 Å². The van der Waals surface area contributed by atoms with Crippen LogP contribution >= 0.6 is 11.6 Å². The number of halogens is 1. The van der Waals surface area contributed by atoms with Gasteiger partial charge in [-0.15, -0.1) is 11.6 Å². The molecule has 1 saturated carbocycles. The maximum absolute atomic E-state index is 10.3. The van der Waals surface area contributed by atoms with Gasteiger partial charge >= 0.3 is 0 Å². The molecule has 0 saturated heterocycles. The summed E-state index contributed by atoms with van der Waals surface area (Å²) in [5, 5.41) is 10.4. The number of aliphatic hydroxyl groups is 1. The first kappa shape index (κ1) is 18.4. The molecule has 0 aromatic heterocycles. The van der Waals surface area contributed by atoms with E-state index in [1.807, 2.05) is 6.07 Å². The Hall–Kier alpha value is -0.990. The van der Waals surface area contributed by atoms with Gasteiger partial charge in [-0.3, -0.25) is 0 Å². The van der Waals surface area contributed by atoms with Crippen LogP contribution in [0.15, 0.2) is 30.4 Å². The maximum atomic E-state index is 10.3. The average Bonchev–Trinajstić information content (AvgIpc) is 2.78. The van der Waals surface area contributed by atoms with Crippen LogP contribution in [-0.4, -0.2) is 23.2 Å². The zero-order valence-electron chi connectivity index (χ0n) is 14.5. The van der Waals surface area contributed by atoms with E-state index in [0.29, 0.717) is 13.0 Å². The molecular formula is C20H29ClO2. The van der Waals surface area contributed by atoms with Gasteiger partial charge in [0.25, 0.3) is 0 Å². The number of allylic oxidation sites excluding steroid dienone is 2. The first-order valence-electron chi connectivity index (χ1n) is 8.70. The topological polar surface area (TPSA) is 29.5 Å². The third-order valence-corrected chi connectivity index (χ3v) is 5.43. The molecule has 1 fully saturated rings. The molecule has 4 atom stereocenters. The lowest BCUT2D eigenvalue weighted by Crippen LogP contribution is -2.27. The van der Waals surface area contributed by atoms with Gasteiger partial charge in [0.2, 0.25) is 0 Å². The van der Waals surface area contributed by atoms with E-state index in [1.54, 1.807) is 0 Å². The molecule has 3 heteroatoms. The highest BCUT2D eigenvalue weighted by Gasteiger charge is 2.41. The summed E-state index contributed by atoms with van der Waals surface area (Å²) in [6, 6.07) is 6.13. The van der Waals surface area contributed by atoms with Crippen molar-refractivity contribution in [3.05, 3.63) is 41.5 Å². The standard InChI is InChI=1S/C20H29ClO2/c1-4-5-6-7-8-17-18(20(22)12-19(17)21)13-23-16-10-9-14(2)15(3)11-16/h6-7,9-11,17-20,22H,4-5,8,12-13H2,1-3H3/b7-6-/t17-,18-,19-,20-/m1/s1. The van der Waals surface area contributed by atoms with E-state index in [0.717, 1.165) is 25.0 Å². The van der Waals surface area contributed by atoms with E-state index in [-0.39, 0.29) is 23.3 Å². The first-order valence-corrected chi connectivity index (χ1v) is 9.13. The predicted octanol–water partition coefficient (Wildman–Crippen LogP) is 5.03. The van der Waals surface area contributed by atoms with Crippen LogP contribution < -0.4 is 4.74 Å². The summed E-state index contributed by atoms with van der Waals surface area (Å²) >= 11 is 6.46. The molecule has 1 N–H and O–H groups in total. The second-order valence-corrected chi connectivity index (χ2v) is 7.26. The lowest BCUT2D eigenvalue weighted by molar-refractivity contribution is 0.0807. The molecule has 0 unspecified atom stereocenters. The minimum Gasteiger partial charge on any atom is -0.493 e. The fourth-order valence-corrected chi connectivity index (χ4v) is 3.70. The summed E-state index contributed by atoms with van der Waals surface area (Å²) in [4.78, 5) is 0. The van der Waals surface area contributed by atoms with E-state index >= 15 is 0 Å². The number of unbranched alkanes of at least 4 members (excludes halogenated alkanes) is 1. The van der Waals surface area contributed by atoms with Crippen molar-refractivity contribution in [2.75, 3.05) is 6.61 Å². The highest BCUT2D eigenvalue weighted by molar-refractivity contribution is 6.21. The number of hydrogen-bond acceptors (Lipinski definition) is 2. The van der Waals surface area contributed by atoms with Gasteiger partial charge in [-0.25, -0.2) is 0 Å². The molecule has 1 aliphatic rings. The zero-order chi connectivity index (χ0) is 16.8. The maximum Gasteiger partial charge on any atom is 0.119 e. The number of aliphatic hydroxyl groups excluding tert-OH is 1. The second kappa shape index (κ2) is 8.75. The van der Waals surface area contributed by atoms with E-state index < -0.39 is 0 Å². The van der Waals surface area contributed by atoms with Crippen LogP contribution in [0.1, 0.15) is 43.7 Å². The van der Waals surface area contributed by atoms with Crippen molar-refractivity contribution in [1.29, 1.82) is 0 Å². The molecule has 1 aromatic rings. The van der Waals surface area contributed by atoms with Crippen LogP contribution in [0.25, 0.3) is 0 Å². The van der Waals surface area contributed by atoms with Crippen LogP contribution in [-0.2, 0) is 0 Å². The Morgan fingerprint density at radius 3 is 2.70 bits per heavy atom. The quantitative estimate of drug-likeness (QED) is 0.558. The molecule has 2 nitrogen and oxygen atoms in total. The van der Waals surface area contributed by atoms with Gasteiger partial charge < -0.3 is 9.84 Å².